The van der Waals surface area contributed by atoms with Crippen molar-refractivity contribution >= 4 is 17.8 Å². The fourth-order valence-corrected chi connectivity index (χ4v) is 5.47. The average molecular weight is 472 g/mol. The summed E-state index contributed by atoms with van der Waals surface area (Å²) in [5.74, 6) is 0.487. The van der Waals surface area contributed by atoms with E-state index in [0.717, 1.165) is 49.8 Å². The van der Waals surface area contributed by atoms with Crippen molar-refractivity contribution < 1.29 is 23.9 Å². The Kier molecular flexibility index (Phi) is 8.08. The molecule has 2 aliphatic heterocycles. The number of amides is 4. The smallest absolute Gasteiger partial charge is 0.324 e. The van der Waals surface area contributed by atoms with Crippen molar-refractivity contribution in [3.63, 3.8) is 0 Å². The molecule has 0 spiro atoms. The minimum absolute atomic E-state index is 0.0356. The maximum atomic E-state index is 13.2. The summed E-state index contributed by atoms with van der Waals surface area (Å²) in [7, 11) is 1.63. The van der Waals surface area contributed by atoms with Gasteiger partial charge in [-0.25, -0.2) is 4.79 Å². The van der Waals surface area contributed by atoms with E-state index >= 15 is 0 Å². The van der Waals surface area contributed by atoms with E-state index in [9.17, 15) is 14.4 Å². The highest BCUT2D eigenvalue weighted by Crippen LogP contribution is 2.37. The van der Waals surface area contributed by atoms with E-state index in [4.69, 9.17) is 9.47 Å². The van der Waals surface area contributed by atoms with Crippen molar-refractivity contribution in [3.8, 4) is 5.75 Å². The molecule has 1 aromatic carbocycles. The topological polar surface area (TPSA) is 97.0 Å². The van der Waals surface area contributed by atoms with Gasteiger partial charge in [0.2, 0.25) is 5.91 Å². The van der Waals surface area contributed by atoms with Gasteiger partial charge >= 0.3 is 6.03 Å². The number of nitrogens with zero attached hydrogens (tertiary/aromatic N) is 1. The standard InChI is InChI=1S/C26H37N3O5/c1-33-21-10-8-19(9-11-21)26(14-16-34-17-15-26)18-29-24(31)22(28-25(29)32)12-13-23(30)27-20-6-4-2-3-5-7-20/h8-11,20,22H,2-7,12-18H2,1H3,(H,27,30)(H,28,32)/t22-/m0/s1. The second-order valence-electron chi connectivity index (χ2n) is 9.84. The van der Waals surface area contributed by atoms with Gasteiger partial charge in [0.05, 0.1) is 7.11 Å². The van der Waals surface area contributed by atoms with Crippen LogP contribution in [0.15, 0.2) is 24.3 Å². The van der Waals surface area contributed by atoms with Crippen LogP contribution in [0.4, 0.5) is 4.79 Å². The van der Waals surface area contributed by atoms with Crippen LogP contribution in [0, 0.1) is 0 Å². The SMILES string of the molecule is COc1ccc(C2(CN3C(=O)N[C@@H](CCC(=O)NC4CCCCCC4)C3=O)CCOCC2)cc1. The Labute approximate surface area is 201 Å². The normalized spacial score (nSPS) is 23.3. The van der Waals surface area contributed by atoms with Crippen LogP contribution in [-0.2, 0) is 19.7 Å². The van der Waals surface area contributed by atoms with Crippen LogP contribution in [0.1, 0.15) is 69.8 Å². The largest absolute Gasteiger partial charge is 0.497 e. The highest BCUT2D eigenvalue weighted by molar-refractivity contribution is 6.04. The number of methoxy groups -OCH3 is 1. The minimum atomic E-state index is -0.653. The molecule has 2 heterocycles. The van der Waals surface area contributed by atoms with Crippen molar-refractivity contribution in [2.45, 2.75) is 81.7 Å². The molecule has 2 saturated heterocycles. The number of carbonyl (C=O) groups is 3. The molecule has 1 atom stereocenters. The molecule has 2 N–H and O–H groups in total. The lowest BCUT2D eigenvalue weighted by molar-refractivity contribution is -0.129. The fraction of sp³-hybridized carbons (Fsp3) is 0.654. The minimum Gasteiger partial charge on any atom is -0.497 e. The summed E-state index contributed by atoms with van der Waals surface area (Å²) in [5.41, 5.74) is 0.715. The fourth-order valence-electron chi connectivity index (χ4n) is 5.47. The Morgan fingerprint density at radius 1 is 1.12 bits per heavy atom. The van der Waals surface area contributed by atoms with Gasteiger partial charge in [-0.1, -0.05) is 37.8 Å². The number of nitrogens with one attached hydrogen (secondary N) is 2. The van der Waals surface area contributed by atoms with E-state index in [1.54, 1.807) is 7.11 Å². The first-order valence-corrected chi connectivity index (χ1v) is 12.6. The van der Waals surface area contributed by atoms with Crippen molar-refractivity contribution in [2.75, 3.05) is 26.9 Å². The Balaban J connectivity index is 1.37. The van der Waals surface area contributed by atoms with Crippen LogP contribution in [0.25, 0.3) is 0 Å². The second-order valence-corrected chi connectivity index (χ2v) is 9.84. The number of hydrogen-bond acceptors (Lipinski definition) is 5. The van der Waals surface area contributed by atoms with Crippen molar-refractivity contribution in [1.29, 1.82) is 0 Å². The van der Waals surface area contributed by atoms with Crippen molar-refractivity contribution in [2.24, 2.45) is 0 Å². The Morgan fingerprint density at radius 2 is 1.79 bits per heavy atom. The second kappa shape index (κ2) is 11.2. The molecule has 1 aromatic rings. The molecule has 0 unspecified atom stereocenters. The van der Waals surface area contributed by atoms with E-state index in [1.165, 1.54) is 17.7 Å². The summed E-state index contributed by atoms with van der Waals surface area (Å²) in [6.07, 6.45) is 8.82. The van der Waals surface area contributed by atoms with Crippen LogP contribution in [0.3, 0.4) is 0 Å². The van der Waals surface area contributed by atoms with Crippen LogP contribution >= 0.6 is 0 Å². The summed E-state index contributed by atoms with van der Waals surface area (Å²) in [5, 5.41) is 5.93. The predicted molar refractivity (Wildman–Crippen MR) is 128 cm³/mol. The summed E-state index contributed by atoms with van der Waals surface area (Å²) in [6, 6.07) is 7.05. The molecule has 4 amide bonds. The quantitative estimate of drug-likeness (QED) is 0.448. The molecule has 0 radical (unpaired) electrons. The van der Waals surface area contributed by atoms with Gasteiger partial charge in [0.15, 0.2) is 0 Å². The molecule has 1 aliphatic carbocycles. The number of benzene rings is 1. The molecule has 0 bridgehead atoms. The van der Waals surface area contributed by atoms with Gasteiger partial charge in [0.1, 0.15) is 11.8 Å². The number of carbonyl (C=O) groups excluding carboxylic acids is 3. The third-order valence-electron chi connectivity index (χ3n) is 7.60. The van der Waals surface area contributed by atoms with Gasteiger partial charge in [-0.05, 0) is 49.8 Å². The molecule has 1 saturated carbocycles. The van der Waals surface area contributed by atoms with E-state index in [0.29, 0.717) is 26.2 Å². The summed E-state index contributed by atoms with van der Waals surface area (Å²) >= 11 is 0. The zero-order valence-corrected chi connectivity index (χ0v) is 20.1. The molecule has 3 aliphatic rings. The van der Waals surface area contributed by atoms with Crippen LogP contribution in [0.2, 0.25) is 0 Å². The highest BCUT2D eigenvalue weighted by Gasteiger charge is 2.44. The third-order valence-corrected chi connectivity index (χ3v) is 7.60. The number of ether oxygens (including phenoxy) is 2. The molecule has 0 aromatic heterocycles. The molecule has 3 fully saturated rings. The number of hydrogen-bond donors (Lipinski definition) is 2. The van der Waals surface area contributed by atoms with Crippen molar-refractivity contribution in [1.82, 2.24) is 15.5 Å². The third kappa shape index (κ3) is 5.71. The average Bonchev–Trinajstić information content (AvgIpc) is 3.02. The van der Waals surface area contributed by atoms with Gasteiger partial charge in [-0.15, -0.1) is 0 Å². The summed E-state index contributed by atoms with van der Waals surface area (Å²) < 4.78 is 10.9. The summed E-state index contributed by atoms with van der Waals surface area (Å²) in [4.78, 5) is 39.8. The van der Waals surface area contributed by atoms with E-state index < -0.39 is 6.04 Å². The maximum absolute atomic E-state index is 13.2. The molecular weight excluding hydrogens is 434 g/mol. The first kappa shape index (κ1) is 24.5. The number of rotatable bonds is 8. The Bertz CT molecular complexity index is 858. The molecule has 4 rings (SSSR count). The van der Waals surface area contributed by atoms with E-state index in [1.807, 2.05) is 24.3 Å². The maximum Gasteiger partial charge on any atom is 0.324 e. The molecule has 8 nitrogen and oxygen atoms in total. The molecule has 186 valence electrons. The van der Waals surface area contributed by atoms with Crippen LogP contribution < -0.4 is 15.4 Å². The lowest BCUT2D eigenvalue weighted by atomic mass is 9.73. The monoisotopic (exact) mass is 471 g/mol. The number of imide groups is 1. The highest BCUT2D eigenvalue weighted by atomic mass is 16.5. The Hall–Kier alpha value is -2.61. The molecule has 34 heavy (non-hydrogen) atoms. The molecular formula is C26H37N3O5. The van der Waals surface area contributed by atoms with Crippen molar-refractivity contribution in [3.05, 3.63) is 29.8 Å². The van der Waals surface area contributed by atoms with E-state index in [-0.39, 0.29) is 35.7 Å². The van der Waals surface area contributed by atoms with Gasteiger partial charge in [0.25, 0.3) is 5.91 Å². The van der Waals surface area contributed by atoms with Gasteiger partial charge in [-0.2, -0.15) is 0 Å². The predicted octanol–water partition coefficient (Wildman–Crippen LogP) is 3.28. The zero-order valence-electron chi connectivity index (χ0n) is 20.1. The molecule has 8 heteroatoms. The zero-order chi connectivity index (χ0) is 24.0. The summed E-state index contributed by atoms with van der Waals surface area (Å²) in [6.45, 7) is 1.47. The lowest BCUT2D eigenvalue weighted by Crippen LogP contribution is -2.47. The van der Waals surface area contributed by atoms with Crippen LogP contribution in [0.5, 0.6) is 5.75 Å². The van der Waals surface area contributed by atoms with Crippen LogP contribution in [-0.4, -0.2) is 61.7 Å². The first-order chi connectivity index (χ1) is 16.5. The number of urea groups is 1. The lowest BCUT2D eigenvalue weighted by Gasteiger charge is -2.39. The van der Waals surface area contributed by atoms with E-state index in [2.05, 4.69) is 10.6 Å². The van der Waals surface area contributed by atoms with Gasteiger partial charge in [0, 0.05) is 37.6 Å². The van der Waals surface area contributed by atoms with Gasteiger partial charge < -0.3 is 20.1 Å². The van der Waals surface area contributed by atoms with Gasteiger partial charge in [-0.3, -0.25) is 14.5 Å². The first-order valence-electron chi connectivity index (χ1n) is 12.6. The Morgan fingerprint density at radius 3 is 2.44 bits per heavy atom.